The number of aryl methyl sites for hydroxylation is 1. The first-order valence-corrected chi connectivity index (χ1v) is 10.2. The highest BCUT2D eigenvalue weighted by Crippen LogP contribution is 2.33. The molecule has 3 aromatic rings. The van der Waals surface area contributed by atoms with Crippen molar-refractivity contribution in [1.82, 2.24) is 15.2 Å². The number of ketones is 1. The number of hydrogen-bond donors (Lipinski definition) is 2. The van der Waals surface area contributed by atoms with E-state index in [1.807, 2.05) is 38.1 Å². The van der Waals surface area contributed by atoms with Gasteiger partial charge in [0.25, 0.3) is 0 Å². The van der Waals surface area contributed by atoms with E-state index in [0.717, 1.165) is 22.2 Å². The van der Waals surface area contributed by atoms with Crippen LogP contribution < -0.4 is 5.73 Å². The van der Waals surface area contributed by atoms with Crippen LogP contribution in [0.1, 0.15) is 23.0 Å². The van der Waals surface area contributed by atoms with Gasteiger partial charge in [0.05, 0.1) is 11.0 Å². The maximum absolute atomic E-state index is 12.9. The summed E-state index contributed by atoms with van der Waals surface area (Å²) in [6.45, 7) is 3.78. The molecule has 0 aliphatic carbocycles. The molecule has 0 saturated carbocycles. The van der Waals surface area contributed by atoms with Crippen LogP contribution in [0.5, 0.6) is 0 Å². The molecule has 0 radical (unpaired) electrons. The predicted molar refractivity (Wildman–Crippen MR) is 103 cm³/mol. The molecule has 2 aromatic heterocycles. The molecule has 9 heteroatoms. The summed E-state index contributed by atoms with van der Waals surface area (Å²) in [6, 6.07) is 7.78. The minimum absolute atomic E-state index is 0.0569. The van der Waals surface area contributed by atoms with Gasteiger partial charge in [-0.05, 0) is 19.9 Å². The van der Waals surface area contributed by atoms with Gasteiger partial charge >= 0.3 is 0 Å². The molecule has 0 aliphatic heterocycles. The molecule has 1 atom stereocenters. The number of Topliss-reactive ketones (excluding diaryl/α,β-unsaturated/α-hetero) is 1. The Bertz CT molecular complexity index is 935. The van der Waals surface area contributed by atoms with Crippen LogP contribution in [0.3, 0.4) is 0 Å². The van der Waals surface area contributed by atoms with Crippen molar-refractivity contribution in [3.8, 4) is 0 Å². The summed E-state index contributed by atoms with van der Waals surface area (Å²) in [5, 5.41) is 8.74. The largest absolute Gasteiger partial charge is 0.369 e. The lowest BCUT2D eigenvalue weighted by Gasteiger charge is -2.08. The number of rotatable bonds is 7. The highest BCUT2D eigenvalue weighted by Gasteiger charge is 2.23. The second-order valence-corrected chi connectivity index (χ2v) is 9.17. The number of nitrogens with two attached hydrogens (primary N) is 1. The summed E-state index contributed by atoms with van der Waals surface area (Å²) in [4.78, 5) is 27.0. The fraction of sp³-hybridized carbons (Fsp3) is 0.250. The smallest absolute Gasteiger partial charge is 0.227 e. The number of thioether (sulfide) groups is 2. The zero-order valence-corrected chi connectivity index (χ0v) is 16.1. The van der Waals surface area contributed by atoms with Crippen LogP contribution in [0, 0.1) is 6.92 Å². The fourth-order valence-electron chi connectivity index (χ4n) is 2.44. The molecule has 1 aromatic carbocycles. The van der Waals surface area contributed by atoms with Crippen molar-refractivity contribution in [2.45, 2.75) is 27.8 Å². The molecule has 2 heterocycles. The Balaban J connectivity index is 1.74. The SMILES string of the molecule is Cc1[nH]c2ccccc2c1C(=O)[C@@H](C)Sc1nnc(SCC(N)=O)s1. The van der Waals surface area contributed by atoms with Crippen LogP contribution >= 0.6 is 34.9 Å². The van der Waals surface area contributed by atoms with Crippen LogP contribution in [-0.2, 0) is 4.79 Å². The lowest BCUT2D eigenvalue weighted by atomic mass is 10.1. The first-order chi connectivity index (χ1) is 12.0. The summed E-state index contributed by atoms with van der Waals surface area (Å²) in [6.07, 6.45) is 0. The molecule has 0 spiro atoms. The Hall–Kier alpha value is -1.84. The monoisotopic (exact) mass is 392 g/mol. The van der Waals surface area contributed by atoms with E-state index < -0.39 is 5.91 Å². The predicted octanol–water partition coefficient (Wildman–Crippen LogP) is 3.27. The lowest BCUT2D eigenvalue weighted by molar-refractivity contribution is -0.115. The molecule has 25 heavy (non-hydrogen) atoms. The summed E-state index contributed by atoms with van der Waals surface area (Å²) in [5.74, 6) is -0.170. The van der Waals surface area contributed by atoms with Crippen LogP contribution in [0.2, 0.25) is 0 Å². The van der Waals surface area contributed by atoms with Crippen LogP contribution in [0.4, 0.5) is 0 Å². The quantitative estimate of drug-likeness (QED) is 0.473. The average molecular weight is 393 g/mol. The standard InChI is InChI=1S/C16H16N4O2S3/c1-8-13(10-5-3-4-6-11(10)18-8)14(22)9(2)24-16-20-19-15(25-16)23-7-12(17)21/h3-6,9,18H,7H2,1-2H3,(H2,17,21)/t9-/m1/s1. The van der Waals surface area contributed by atoms with E-state index in [1.54, 1.807) is 0 Å². The van der Waals surface area contributed by atoms with E-state index in [-0.39, 0.29) is 16.8 Å². The summed E-state index contributed by atoms with van der Waals surface area (Å²) in [5.41, 5.74) is 7.68. The van der Waals surface area contributed by atoms with E-state index in [1.165, 1.54) is 34.9 Å². The zero-order chi connectivity index (χ0) is 18.0. The highest BCUT2D eigenvalue weighted by atomic mass is 32.2. The van der Waals surface area contributed by atoms with Gasteiger partial charge in [-0.1, -0.05) is 53.1 Å². The fourth-order valence-corrected chi connectivity index (χ4v) is 5.40. The van der Waals surface area contributed by atoms with Crippen LogP contribution in [0.15, 0.2) is 32.9 Å². The normalized spacial score (nSPS) is 12.4. The number of carbonyl (C=O) groups excluding carboxylic acids is 2. The third-order valence-electron chi connectivity index (χ3n) is 3.51. The molecular formula is C16H16N4O2S3. The molecule has 0 fully saturated rings. The molecule has 0 saturated heterocycles. The highest BCUT2D eigenvalue weighted by molar-refractivity contribution is 8.04. The Morgan fingerprint density at radius 1 is 1.28 bits per heavy atom. The molecule has 3 rings (SSSR count). The second-order valence-electron chi connectivity index (χ2n) is 5.38. The lowest BCUT2D eigenvalue weighted by Crippen LogP contribution is -2.14. The number of H-pyrrole nitrogens is 1. The van der Waals surface area contributed by atoms with Crippen molar-refractivity contribution in [3.05, 3.63) is 35.5 Å². The molecule has 0 aliphatic rings. The minimum Gasteiger partial charge on any atom is -0.369 e. The Labute approximate surface area is 157 Å². The Kier molecular flexibility index (Phi) is 5.45. The number of para-hydroxylation sites is 1. The summed E-state index contributed by atoms with van der Waals surface area (Å²) < 4.78 is 1.37. The van der Waals surface area contributed by atoms with Gasteiger partial charge in [-0.3, -0.25) is 9.59 Å². The van der Waals surface area contributed by atoms with Crippen LogP contribution in [-0.4, -0.2) is 37.9 Å². The minimum atomic E-state index is -0.396. The molecule has 0 unspecified atom stereocenters. The molecule has 3 N–H and O–H groups in total. The number of hydrogen-bond acceptors (Lipinski definition) is 7. The molecule has 1 amide bonds. The van der Waals surface area contributed by atoms with Crippen molar-refractivity contribution in [1.29, 1.82) is 0 Å². The first kappa shape index (κ1) is 18.0. The number of nitrogens with one attached hydrogen (secondary N) is 1. The molecule has 130 valence electrons. The van der Waals surface area contributed by atoms with Gasteiger partial charge in [-0.15, -0.1) is 10.2 Å². The van der Waals surface area contributed by atoms with Gasteiger partial charge in [0, 0.05) is 22.2 Å². The third-order valence-corrected chi connectivity index (χ3v) is 6.78. The van der Waals surface area contributed by atoms with Crippen LogP contribution in [0.25, 0.3) is 10.9 Å². The third kappa shape index (κ3) is 4.05. The maximum atomic E-state index is 12.9. The number of aromatic nitrogens is 3. The van der Waals surface area contributed by atoms with Gasteiger partial charge < -0.3 is 10.7 Å². The number of benzene rings is 1. The summed E-state index contributed by atoms with van der Waals surface area (Å²) >= 11 is 3.99. The van der Waals surface area contributed by atoms with Gasteiger partial charge in [0.1, 0.15) is 0 Å². The molecule has 6 nitrogen and oxygen atoms in total. The number of fused-ring (bicyclic) bond motifs is 1. The number of primary amides is 1. The zero-order valence-electron chi connectivity index (χ0n) is 13.6. The van der Waals surface area contributed by atoms with E-state index >= 15 is 0 Å². The van der Waals surface area contributed by atoms with E-state index in [4.69, 9.17) is 5.73 Å². The molecular weight excluding hydrogens is 376 g/mol. The maximum Gasteiger partial charge on any atom is 0.227 e. The summed E-state index contributed by atoms with van der Waals surface area (Å²) in [7, 11) is 0. The van der Waals surface area contributed by atoms with Crippen molar-refractivity contribution >= 4 is 57.5 Å². The van der Waals surface area contributed by atoms with Crippen molar-refractivity contribution in [2.75, 3.05) is 5.75 Å². The topological polar surface area (TPSA) is 102 Å². The van der Waals surface area contributed by atoms with Gasteiger partial charge in [-0.25, -0.2) is 0 Å². The van der Waals surface area contributed by atoms with Crippen molar-refractivity contribution < 1.29 is 9.59 Å². The number of carbonyl (C=O) groups is 2. The number of aromatic amines is 1. The number of amides is 1. The van der Waals surface area contributed by atoms with E-state index in [9.17, 15) is 9.59 Å². The van der Waals surface area contributed by atoms with E-state index in [0.29, 0.717) is 8.68 Å². The Morgan fingerprint density at radius 3 is 2.76 bits per heavy atom. The van der Waals surface area contributed by atoms with Gasteiger partial charge in [0.2, 0.25) is 5.91 Å². The van der Waals surface area contributed by atoms with Gasteiger partial charge in [0.15, 0.2) is 14.5 Å². The Morgan fingerprint density at radius 2 is 2.00 bits per heavy atom. The second kappa shape index (κ2) is 7.59. The number of nitrogens with zero attached hydrogens (tertiary/aromatic N) is 2. The van der Waals surface area contributed by atoms with Crippen molar-refractivity contribution in [2.24, 2.45) is 5.73 Å². The molecule has 0 bridgehead atoms. The van der Waals surface area contributed by atoms with E-state index in [2.05, 4.69) is 15.2 Å². The van der Waals surface area contributed by atoms with Gasteiger partial charge in [-0.2, -0.15) is 0 Å². The average Bonchev–Trinajstić information content (AvgIpc) is 3.15. The first-order valence-electron chi connectivity index (χ1n) is 7.48. The van der Waals surface area contributed by atoms with Crippen molar-refractivity contribution in [3.63, 3.8) is 0 Å².